The van der Waals surface area contributed by atoms with Crippen LogP contribution in [0.3, 0.4) is 0 Å². The molecule has 3 aromatic carbocycles. The van der Waals surface area contributed by atoms with Crippen molar-refractivity contribution in [2.75, 3.05) is 5.43 Å². The number of rotatable bonds is 7. The Hall–Kier alpha value is -3.67. The summed E-state index contributed by atoms with van der Waals surface area (Å²) in [4.78, 5) is 10.8. The number of carbonyl (C=O) groups is 1. The molecule has 0 fully saturated rings. The van der Waals surface area contributed by atoms with Gasteiger partial charge in [0.05, 0.1) is 17.5 Å². The van der Waals surface area contributed by atoms with Crippen LogP contribution in [0.1, 0.15) is 21.5 Å². The summed E-state index contributed by atoms with van der Waals surface area (Å²) in [6.07, 6.45) is 1.63. The molecule has 2 N–H and O–H groups in total. The fourth-order valence-corrected chi connectivity index (χ4v) is 2.30. The number of nitrogens with one attached hydrogen (secondary N) is 1. The molecule has 0 aliphatic heterocycles. The number of halogens is 1. The molecule has 136 valence electrons. The van der Waals surface area contributed by atoms with Crippen LogP contribution in [0.5, 0.6) is 5.75 Å². The molecule has 5 nitrogen and oxygen atoms in total. The lowest BCUT2D eigenvalue weighted by Crippen LogP contribution is -1.97. The Balaban J connectivity index is 1.57. The number of carboxylic acids is 1. The molecule has 0 saturated carbocycles. The second-order valence-electron chi connectivity index (χ2n) is 5.74. The number of hydrazone groups is 1. The molecule has 0 spiro atoms. The summed E-state index contributed by atoms with van der Waals surface area (Å²) >= 11 is 0. The topological polar surface area (TPSA) is 70.9 Å². The van der Waals surface area contributed by atoms with Gasteiger partial charge >= 0.3 is 5.97 Å². The molecule has 0 aliphatic carbocycles. The van der Waals surface area contributed by atoms with Crippen LogP contribution in [0.4, 0.5) is 10.1 Å². The van der Waals surface area contributed by atoms with Crippen molar-refractivity contribution in [3.8, 4) is 5.75 Å². The molecular formula is C21H17FN2O3. The lowest BCUT2D eigenvalue weighted by molar-refractivity contribution is 0.0697. The van der Waals surface area contributed by atoms with Gasteiger partial charge in [-0.05, 0) is 59.7 Å². The van der Waals surface area contributed by atoms with Crippen LogP contribution in [0, 0.1) is 5.82 Å². The molecular weight excluding hydrogens is 347 g/mol. The molecule has 0 atom stereocenters. The molecule has 3 aromatic rings. The van der Waals surface area contributed by atoms with Gasteiger partial charge in [-0.1, -0.05) is 24.3 Å². The highest BCUT2D eigenvalue weighted by Crippen LogP contribution is 2.15. The third-order valence-electron chi connectivity index (χ3n) is 3.72. The normalized spacial score (nSPS) is 10.7. The van der Waals surface area contributed by atoms with E-state index in [9.17, 15) is 9.18 Å². The van der Waals surface area contributed by atoms with Crippen molar-refractivity contribution < 1.29 is 19.0 Å². The average molecular weight is 364 g/mol. The van der Waals surface area contributed by atoms with Crippen molar-refractivity contribution in [3.05, 3.63) is 95.3 Å². The average Bonchev–Trinajstić information content (AvgIpc) is 2.68. The Labute approximate surface area is 155 Å². The first-order valence-corrected chi connectivity index (χ1v) is 8.20. The highest BCUT2D eigenvalue weighted by molar-refractivity contribution is 5.88. The molecule has 0 aromatic heterocycles. The van der Waals surface area contributed by atoms with Gasteiger partial charge in [-0.2, -0.15) is 5.10 Å². The molecule has 0 unspecified atom stereocenters. The smallest absolute Gasteiger partial charge is 0.335 e. The van der Waals surface area contributed by atoms with Crippen LogP contribution in [0.25, 0.3) is 0 Å². The van der Waals surface area contributed by atoms with Gasteiger partial charge in [-0.25, -0.2) is 9.18 Å². The van der Waals surface area contributed by atoms with E-state index in [0.717, 1.165) is 11.1 Å². The SMILES string of the molecule is O=C(O)c1ccc(N/N=C\c2cccc(OCc3ccc(F)cc3)c2)cc1. The second kappa shape index (κ2) is 8.62. The molecule has 0 bridgehead atoms. The second-order valence-corrected chi connectivity index (χ2v) is 5.74. The minimum Gasteiger partial charge on any atom is -0.489 e. The molecule has 0 amide bonds. The zero-order chi connectivity index (χ0) is 19.1. The Bertz CT molecular complexity index is 938. The fourth-order valence-electron chi connectivity index (χ4n) is 2.30. The van der Waals surface area contributed by atoms with E-state index in [4.69, 9.17) is 9.84 Å². The quantitative estimate of drug-likeness (QED) is 0.477. The summed E-state index contributed by atoms with van der Waals surface area (Å²) in [5, 5.41) is 13.0. The predicted octanol–water partition coefficient (Wildman–Crippen LogP) is 4.55. The maximum absolute atomic E-state index is 12.9. The highest BCUT2D eigenvalue weighted by Gasteiger charge is 2.01. The van der Waals surface area contributed by atoms with Gasteiger partial charge in [0, 0.05) is 0 Å². The Morgan fingerprint density at radius 1 is 1.07 bits per heavy atom. The maximum Gasteiger partial charge on any atom is 0.335 e. The summed E-state index contributed by atoms with van der Waals surface area (Å²) in [5.41, 5.74) is 5.45. The number of ether oxygens (including phenoxy) is 1. The molecule has 0 heterocycles. The number of anilines is 1. The first kappa shape index (κ1) is 18.1. The molecule has 6 heteroatoms. The Morgan fingerprint density at radius 3 is 2.52 bits per heavy atom. The van der Waals surface area contributed by atoms with Gasteiger partial charge < -0.3 is 9.84 Å². The fraction of sp³-hybridized carbons (Fsp3) is 0.0476. The monoisotopic (exact) mass is 364 g/mol. The first-order valence-electron chi connectivity index (χ1n) is 8.20. The van der Waals surface area contributed by atoms with Crippen LogP contribution in [-0.4, -0.2) is 17.3 Å². The summed E-state index contributed by atoms with van der Waals surface area (Å²) in [7, 11) is 0. The molecule has 27 heavy (non-hydrogen) atoms. The van der Waals surface area contributed by atoms with E-state index in [1.54, 1.807) is 30.5 Å². The van der Waals surface area contributed by atoms with Crippen LogP contribution in [-0.2, 0) is 6.61 Å². The molecule has 0 saturated heterocycles. The van der Waals surface area contributed by atoms with Crippen LogP contribution in [0.15, 0.2) is 77.9 Å². The summed E-state index contributed by atoms with van der Waals surface area (Å²) in [5.74, 6) is -0.571. The zero-order valence-corrected chi connectivity index (χ0v) is 14.3. The first-order chi connectivity index (χ1) is 13.1. The van der Waals surface area contributed by atoms with E-state index in [1.165, 1.54) is 24.3 Å². The standard InChI is InChI=1S/C21H17FN2O3/c22-18-8-4-15(5-9-18)14-27-20-3-1-2-16(12-20)13-23-24-19-10-6-17(7-11-19)21(25)26/h1-13,24H,14H2,(H,25,26)/b23-13-. The van der Waals surface area contributed by atoms with Gasteiger partial charge in [-0.3, -0.25) is 5.43 Å². The van der Waals surface area contributed by atoms with Gasteiger partial charge in [0.2, 0.25) is 0 Å². The summed E-state index contributed by atoms with van der Waals surface area (Å²) in [6, 6.07) is 19.8. The van der Waals surface area contributed by atoms with Crippen molar-refractivity contribution in [3.63, 3.8) is 0 Å². The van der Waals surface area contributed by atoms with E-state index in [1.807, 2.05) is 24.3 Å². The van der Waals surface area contributed by atoms with E-state index in [2.05, 4.69) is 10.5 Å². The van der Waals surface area contributed by atoms with Crippen LogP contribution in [0.2, 0.25) is 0 Å². The third kappa shape index (κ3) is 5.40. The van der Waals surface area contributed by atoms with Gasteiger partial charge in [0.25, 0.3) is 0 Å². The summed E-state index contributed by atoms with van der Waals surface area (Å²) < 4.78 is 18.6. The zero-order valence-electron chi connectivity index (χ0n) is 14.3. The molecule has 3 rings (SSSR count). The number of aromatic carboxylic acids is 1. The molecule has 0 aliphatic rings. The maximum atomic E-state index is 12.9. The van der Waals surface area contributed by atoms with E-state index in [0.29, 0.717) is 18.0 Å². The van der Waals surface area contributed by atoms with Crippen molar-refractivity contribution in [2.24, 2.45) is 5.10 Å². The van der Waals surface area contributed by atoms with Crippen LogP contribution >= 0.6 is 0 Å². The minimum absolute atomic E-state index is 0.218. The van der Waals surface area contributed by atoms with Gasteiger partial charge in [0.1, 0.15) is 18.2 Å². The number of hydrogen-bond acceptors (Lipinski definition) is 4. The number of nitrogens with zero attached hydrogens (tertiary/aromatic N) is 1. The van der Waals surface area contributed by atoms with Crippen molar-refractivity contribution >= 4 is 17.9 Å². The van der Waals surface area contributed by atoms with Crippen molar-refractivity contribution in [1.29, 1.82) is 0 Å². The van der Waals surface area contributed by atoms with Crippen molar-refractivity contribution in [1.82, 2.24) is 0 Å². The van der Waals surface area contributed by atoms with E-state index < -0.39 is 5.97 Å². The highest BCUT2D eigenvalue weighted by atomic mass is 19.1. The lowest BCUT2D eigenvalue weighted by Gasteiger charge is -2.07. The van der Waals surface area contributed by atoms with Crippen molar-refractivity contribution in [2.45, 2.75) is 6.61 Å². The van der Waals surface area contributed by atoms with Gasteiger partial charge in [0.15, 0.2) is 0 Å². The van der Waals surface area contributed by atoms with Crippen LogP contribution < -0.4 is 10.2 Å². The van der Waals surface area contributed by atoms with E-state index >= 15 is 0 Å². The number of carboxylic acid groups (broad SMARTS) is 1. The lowest BCUT2D eigenvalue weighted by atomic mass is 10.2. The Morgan fingerprint density at radius 2 is 1.81 bits per heavy atom. The number of benzene rings is 3. The largest absolute Gasteiger partial charge is 0.489 e. The molecule has 0 radical (unpaired) electrons. The predicted molar refractivity (Wildman–Crippen MR) is 102 cm³/mol. The number of hydrogen-bond donors (Lipinski definition) is 2. The third-order valence-corrected chi connectivity index (χ3v) is 3.72. The van der Waals surface area contributed by atoms with Gasteiger partial charge in [-0.15, -0.1) is 0 Å². The minimum atomic E-state index is -0.970. The Kier molecular flexibility index (Phi) is 5.79. The summed E-state index contributed by atoms with van der Waals surface area (Å²) in [6.45, 7) is 0.342. The van der Waals surface area contributed by atoms with E-state index in [-0.39, 0.29) is 11.4 Å².